The maximum absolute atomic E-state index is 12.0. The van der Waals surface area contributed by atoms with E-state index in [9.17, 15) is 4.79 Å². The smallest absolute Gasteiger partial charge is 0.254 e. The summed E-state index contributed by atoms with van der Waals surface area (Å²) >= 11 is 0. The molecule has 0 spiro atoms. The molecule has 5 heteroatoms. The van der Waals surface area contributed by atoms with E-state index in [0.29, 0.717) is 19.8 Å². The predicted molar refractivity (Wildman–Crippen MR) is 52.4 cm³/mol. The number of nitrogens with zero attached hydrogens (tertiary/aromatic N) is 1. The Kier molecular flexibility index (Phi) is 3.56. The number of carbonyl (C=O) groups excluding carboxylic acids is 1. The van der Waals surface area contributed by atoms with Crippen molar-refractivity contribution < 1.29 is 19.4 Å². The zero-order valence-corrected chi connectivity index (χ0v) is 8.72. The van der Waals surface area contributed by atoms with Gasteiger partial charge in [-0.1, -0.05) is 0 Å². The van der Waals surface area contributed by atoms with Crippen LogP contribution in [0.1, 0.15) is 12.8 Å². The first kappa shape index (κ1) is 10.9. The standard InChI is InChI=1S/C10H17NO4/c12-6-8-2-1-3-11(8)10(13)9-7-14-4-5-15-9/h8-9,12H,1-7H2/t8-,9?/m0/s1. The van der Waals surface area contributed by atoms with Crippen LogP contribution in [0.3, 0.4) is 0 Å². The molecule has 0 radical (unpaired) electrons. The van der Waals surface area contributed by atoms with Gasteiger partial charge in [0.1, 0.15) is 0 Å². The maximum atomic E-state index is 12.0. The lowest BCUT2D eigenvalue weighted by Crippen LogP contribution is -2.48. The number of aliphatic hydroxyl groups excluding tert-OH is 1. The van der Waals surface area contributed by atoms with Crippen LogP contribution in [-0.2, 0) is 14.3 Å². The van der Waals surface area contributed by atoms with Crippen molar-refractivity contribution in [3.63, 3.8) is 0 Å². The molecule has 0 aromatic rings. The molecule has 2 aliphatic rings. The summed E-state index contributed by atoms with van der Waals surface area (Å²) in [4.78, 5) is 13.7. The van der Waals surface area contributed by atoms with Gasteiger partial charge in [0.25, 0.3) is 5.91 Å². The van der Waals surface area contributed by atoms with Gasteiger partial charge < -0.3 is 19.5 Å². The van der Waals surface area contributed by atoms with Crippen LogP contribution in [0.4, 0.5) is 0 Å². The number of amides is 1. The Bertz CT molecular complexity index is 227. The number of likely N-dealkylation sites (tertiary alicyclic amines) is 1. The average molecular weight is 215 g/mol. The fourth-order valence-electron chi connectivity index (χ4n) is 2.13. The minimum Gasteiger partial charge on any atom is -0.394 e. The zero-order valence-electron chi connectivity index (χ0n) is 8.72. The zero-order chi connectivity index (χ0) is 10.7. The lowest BCUT2D eigenvalue weighted by molar-refractivity contribution is -0.159. The summed E-state index contributed by atoms with van der Waals surface area (Å²) in [7, 11) is 0. The SMILES string of the molecule is O=C(C1COCCO1)N1CCC[C@H]1CO. The summed E-state index contributed by atoms with van der Waals surface area (Å²) < 4.78 is 10.5. The molecule has 15 heavy (non-hydrogen) atoms. The van der Waals surface area contributed by atoms with Crippen molar-refractivity contribution in [3.05, 3.63) is 0 Å². The molecule has 0 aliphatic carbocycles. The molecule has 5 nitrogen and oxygen atoms in total. The highest BCUT2D eigenvalue weighted by molar-refractivity contribution is 5.81. The van der Waals surface area contributed by atoms with Gasteiger partial charge in [0.05, 0.1) is 32.5 Å². The lowest BCUT2D eigenvalue weighted by Gasteiger charge is -2.29. The second kappa shape index (κ2) is 4.92. The summed E-state index contributed by atoms with van der Waals surface area (Å²) in [5, 5.41) is 9.12. The van der Waals surface area contributed by atoms with Crippen LogP contribution in [0.15, 0.2) is 0 Å². The van der Waals surface area contributed by atoms with E-state index in [1.54, 1.807) is 4.90 Å². The molecule has 2 fully saturated rings. The van der Waals surface area contributed by atoms with Crippen LogP contribution in [0.5, 0.6) is 0 Å². The molecule has 2 heterocycles. The maximum Gasteiger partial charge on any atom is 0.254 e. The van der Waals surface area contributed by atoms with Crippen LogP contribution >= 0.6 is 0 Å². The van der Waals surface area contributed by atoms with Crippen LogP contribution in [0.25, 0.3) is 0 Å². The van der Waals surface area contributed by atoms with Gasteiger partial charge in [-0.15, -0.1) is 0 Å². The topological polar surface area (TPSA) is 59.0 Å². The highest BCUT2D eigenvalue weighted by Gasteiger charge is 2.34. The Morgan fingerprint density at radius 1 is 1.47 bits per heavy atom. The van der Waals surface area contributed by atoms with Crippen molar-refractivity contribution in [2.75, 3.05) is 33.0 Å². The highest BCUT2D eigenvalue weighted by Crippen LogP contribution is 2.19. The molecule has 1 amide bonds. The van der Waals surface area contributed by atoms with E-state index < -0.39 is 6.10 Å². The van der Waals surface area contributed by atoms with Gasteiger partial charge in [-0.3, -0.25) is 4.79 Å². The quantitative estimate of drug-likeness (QED) is 0.667. The number of hydrogen-bond donors (Lipinski definition) is 1. The van der Waals surface area contributed by atoms with Crippen LogP contribution in [0, 0.1) is 0 Å². The van der Waals surface area contributed by atoms with Gasteiger partial charge >= 0.3 is 0 Å². The number of carbonyl (C=O) groups is 1. The number of hydrogen-bond acceptors (Lipinski definition) is 4. The average Bonchev–Trinajstić information content (AvgIpc) is 2.77. The monoisotopic (exact) mass is 215 g/mol. The first-order valence-corrected chi connectivity index (χ1v) is 5.43. The Balaban J connectivity index is 1.93. The Labute approximate surface area is 89.0 Å². The Morgan fingerprint density at radius 3 is 3.00 bits per heavy atom. The lowest BCUT2D eigenvalue weighted by atomic mass is 10.2. The molecule has 86 valence electrons. The fourth-order valence-corrected chi connectivity index (χ4v) is 2.13. The molecular formula is C10H17NO4. The van der Waals surface area contributed by atoms with Crippen LogP contribution in [-0.4, -0.2) is 61.0 Å². The largest absolute Gasteiger partial charge is 0.394 e. The second-order valence-corrected chi connectivity index (χ2v) is 3.94. The summed E-state index contributed by atoms with van der Waals surface area (Å²) in [6.07, 6.45) is 1.38. The van der Waals surface area contributed by atoms with Crippen molar-refractivity contribution in [2.45, 2.75) is 25.0 Å². The number of rotatable bonds is 2. The summed E-state index contributed by atoms with van der Waals surface area (Å²) in [5.74, 6) is -0.0359. The van der Waals surface area contributed by atoms with Gasteiger partial charge in [-0.25, -0.2) is 0 Å². The third-order valence-electron chi connectivity index (χ3n) is 2.96. The van der Waals surface area contributed by atoms with Gasteiger partial charge in [-0.2, -0.15) is 0 Å². The van der Waals surface area contributed by atoms with E-state index in [1.807, 2.05) is 0 Å². The molecule has 2 saturated heterocycles. The summed E-state index contributed by atoms with van der Waals surface area (Å²) in [6, 6.07) is -0.0250. The number of ether oxygens (including phenoxy) is 2. The molecule has 2 aliphatic heterocycles. The van der Waals surface area contributed by atoms with Gasteiger partial charge in [0.15, 0.2) is 6.10 Å². The summed E-state index contributed by atoms with van der Waals surface area (Å²) in [5.41, 5.74) is 0. The molecule has 0 bridgehead atoms. The second-order valence-electron chi connectivity index (χ2n) is 3.94. The molecule has 0 aromatic heterocycles. The molecular weight excluding hydrogens is 198 g/mol. The van der Waals surface area contributed by atoms with Crippen molar-refractivity contribution in [2.24, 2.45) is 0 Å². The third-order valence-corrected chi connectivity index (χ3v) is 2.96. The van der Waals surface area contributed by atoms with E-state index in [4.69, 9.17) is 14.6 Å². The van der Waals surface area contributed by atoms with E-state index in [0.717, 1.165) is 19.4 Å². The van der Waals surface area contributed by atoms with Crippen molar-refractivity contribution in [3.8, 4) is 0 Å². The minimum absolute atomic E-state index is 0.0250. The van der Waals surface area contributed by atoms with Crippen molar-refractivity contribution in [1.29, 1.82) is 0 Å². The van der Waals surface area contributed by atoms with E-state index in [2.05, 4.69) is 0 Å². The first-order valence-electron chi connectivity index (χ1n) is 5.43. The van der Waals surface area contributed by atoms with E-state index in [1.165, 1.54) is 0 Å². The molecule has 2 rings (SSSR count). The molecule has 2 atom stereocenters. The normalized spacial score (nSPS) is 31.9. The Hall–Kier alpha value is -0.650. The first-order chi connectivity index (χ1) is 7.33. The molecule has 1 N–H and O–H groups in total. The molecule has 0 saturated carbocycles. The van der Waals surface area contributed by atoms with Gasteiger partial charge in [0.2, 0.25) is 0 Å². The summed E-state index contributed by atoms with van der Waals surface area (Å²) in [6.45, 7) is 2.15. The Morgan fingerprint density at radius 2 is 2.33 bits per heavy atom. The van der Waals surface area contributed by atoms with Crippen molar-refractivity contribution >= 4 is 5.91 Å². The third kappa shape index (κ3) is 2.30. The van der Waals surface area contributed by atoms with Crippen LogP contribution < -0.4 is 0 Å². The van der Waals surface area contributed by atoms with E-state index in [-0.39, 0.29) is 18.6 Å². The van der Waals surface area contributed by atoms with Gasteiger partial charge in [-0.05, 0) is 12.8 Å². The highest BCUT2D eigenvalue weighted by atomic mass is 16.6. The molecule has 1 unspecified atom stereocenters. The van der Waals surface area contributed by atoms with Crippen molar-refractivity contribution in [1.82, 2.24) is 4.90 Å². The fraction of sp³-hybridized carbons (Fsp3) is 0.900. The van der Waals surface area contributed by atoms with Crippen LogP contribution in [0.2, 0.25) is 0 Å². The number of aliphatic hydroxyl groups is 1. The van der Waals surface area contributed by atoms with Gasteiger partial charge in [0, 0.05) is 6.54 Å². The predicted octanol–water partition coefficient (Wildman–Crippen LogP) is -0.615. The van der Waals surface area contributed by atoms with E-state index >= 15 is 0 Å². The molecule has 0 aromatic carbocycles. The minimum atomic E-state index is -0.467.